The largest absolute Gasteiger partial charge is 0.497 e. The molecular formula is C23H31NO2. The van der Waals surface area contributed by atoms with Gasteiger partial charge in [-0.1, -0.05) is 55.3 Å². The minimum Gasteiger partial charge on any atom is -0.497 e. The monoisotopic (exact) mass is 353 g/mol. The quantitative estimate of drug-likeness (QED) is 0.806. The van der Waals surface area contributed by atoms with Crippen molar-refractivity contribution in [2.24, 2.45) is 5.92 Å². The number of hydrogen-bond donors (Lipinski definition) is 1. The Morgan fingerprint density at radius 3 is 2.62 bits per heavy atom. The van der Waals surface area contributed by atoms with E-state index in [9.17, 15) is 5.11 Å². The molecule has 2 unspecified atom stereocenters. The van der Waals surface area contributed by atoms with Crippen LogP contribution in [0.3, 0.4) is 0 Å². The van der Waals surface area contributed by atoms with E-state index >= 15 is 0 Å². The summed E-state index contributed by atoms with van der Waals surface area (Å²) >= 11 is 0. The Bertz CT molecular complexity index is 688. The third-order valence-electron chi connectivity index (χ3n) is 5.64. The number of hydrogen-bond acceptors (Lipinski definition) is 3. The molecule has 2 aromatic rings. The van der Waals surface area contributed by atoms with Gasteiger partial charge in [-0.3, -0.25) is 0 Å². The van der Waals surface area contributed by atoms with Crippen molar-refractivity contribution < 1.29 is 9.84 Å². The Balaban J connectivity index is 1.67. The average molecular weight is 354 g/mol. The van der Waals surface area contributed by atoms with Crippen LogP contribution in [0.4, 0.5) is 0 Å². The smallest absolute Gasteiger partial charge is 0.119 e. The second-order valence-corrected chi connectivity index (χ2v) is 7.76. The van der Waals surface area contributed by atoms with Gasteiger partial charge in [0.15, 0.2) is 0 Å². The average Bonchev–Trinajstić information content (AvgIpc) is 2.64. The number of rotatable bonds is 7. The molecule has 0 amide bonds. The lowest BCUT2D eigenvalue weighted by Crippen LogP contribution is -2.47. The Morgan fingerprint density at radius 2 is 1.85 bits per heavy atom. The predicted octanol–water partition coefficient (Wildman–Crippen LogP) is 4.29. The molecule has 0 bridgehead atoms. The van der Waals surface area contributed by atoms with Gasteiger partial charge in [0.25, 0.3) is 0 Å². The molecule has 2 atom stereocenters. The summed E-state index contributed by atoms with van der Waals surface area (Å²) in [6.45, 7) is 1.85. The minimum atomic E-state index is -0.629. The first-order valence-corrected chi connectivity index (χ1v) is 9.67. The van der Waals surface area contributed by atoms with E-state index in [-0.39, 0.29) is 0 Å². The molecule has 1 aliphatic rings. The van der Waals surface area contributed by atoms with Gasteiger partial charge in [0, 0.05) is 25.4 Å². The summed E-state index contributed by atoms with van der Waals surface area (Å²) in [5.41, 5.74) is 1.85. The van der Waals surface area contributed by atoms with Crippen LogP contribution in [0.1, 0.15) is 36.8 Å². The summed E-state index contributed by atoms with van der Waals surface area (Å²) in [6, 6.07) is 18.7. The summed E-state index contributed by atoms with van der Waals surface area (Å²) in [7, 11) is 3.85. The van der Waals surface area contributed by atoms with E-state index in [1.54, 1.807) is 7.11 Å². The van der Waals surface area contributed by atoms with Crippen LogP contribution in [0.25, 0.3) is 0 Å². The Hall–Kier alpha value is -1.84. The van der Waals surface area contributed by atoms with E-state index in [4.69, 9.17) is 4.74 Å². The second kappa shape index (κ2) is 8.70. The van der Waals surface area contributed by atoms with Gasteiger partial charge in [0.05, 0.1) is 12.7 Å². The van der Waals surface area contributed by atoms with Crippen molar-refractivity contribution in [3.05, 3.63) is 65.7 Å². The number of methoxy groups -OCH3 is 1. The molecule has 3 nitrogen and oxygen atoms in total. The van der Waals surface area contributed by atoms with E-state index in [2.05, 4.69) is 54.4 Å². The maximum atomic E-state index is 11.5. The standard InChI is InChI=1S/C23H31NO2/c1-24(17-19-9-4-3-5-10-19)18-21-12-6-7-14-23(21,25)16-20-11-8-13-22(15-20)26-2/h3-5,8-11,13,15,21,25H,6-7,12,14,16-18H2,1-2H3. The van der Waals surface area contributed by atoms with E-state index in [0.717, 1.165) is 43.7 Å². The van der Waals surface area contributed by atoms with Gasteiger partial charge >= 0.3 is 0 Å². The molecule has 1 N–H and O–H groups in total. The van der Waals surface area contributed by atoms with Crippen LogP contribution in [0.2, 0.25) is 0 Å². The zero-order valence-corrected chi connectivity index (χ0v) is 16.0. The van der Waals surface area contributed by atoms with Crippen LogP contribution in [-0.4, -0.2) is 36.3 Å². The lowest BCUT2D eigenvalue weighted by Gasteiger charge is -2.42. The van der Waals surface area contributed by atoms with Crippen LogP contribution in [0.5, 0.6) is 5.75 Å². The molecule has 1 saturated carbocycles. The summed E-state index contributed by atoms with van der Waals surface area (Å²) < 4.78 is 5.34. The van der Waals surface area contributed by atoms with E-state index < -0.39 is 5.60 Å². The third-order valence-corrected chi connectivity index (χ3v) is 5.64. The Morgan fingerprint density at radius 1 is 1.08 bits per heavy atom. The molecule has 1 fully saturated rings. The normalized spacial score (nSPS) is 23.2. The topological polar surface area (TPSA) is 32.7 Å². The lowest BCUT2D eigenvalue weighted by molar-refractivity contribution is -0.0577. The summed E-state index contributed by atoms with van der Waals surface area (Å²) in [6.07, 6.45) is 5.01. The molecule has 1 aliphatic carbocycles. The van der Waals surface area contributed by atoms with Gasteiger partial charge < -0.3 is 14.7 Å². The third kappa shape index (κ3) is 4.87. The molecule has 0 radical (unpaired) electrons. The summed E-state index contributed by atoms with van der Waals surface area (Å²) in [5, 5.41) is 11.5. The van der Waals surface area contributed by atoms with Gasteiger partial charge in [-0.2, -0.15) is 0 Å². The van der Waals surface area contributed by atoms with Crippen molar-refractivity contribution in [2.45, 2.75) is 44.2 Å². The number of ether oxygens (including phenoxy) is 1. The Labute approximate surface area is 157 Å². The van der Waals surface area contributed by atoms with Crippen LogP contribution in [0.15, 0.2) is 54.6 Å². The van der Waals surface area contributed by atoms with Crippen molar-refractivity contribution in [1.29, 1.82) is 0 Å². The van der Waals surface area contributed by atoms with Gasteiger partial charge in [0.2, 0.25) is 0 Å². The van der Waals surface area contributed by atoms with Crippen LogP contribution in [-0.2, 0) is 13.0 Å². The molecular weight excluding hydrogens is 322 g/mol. The highest BCUT2D eigenvalue weighted by molar-refractivity contribution is 5.29. The molecule has 0 saturated heterocycles. The fourth-order valence-corrected chi connectivity index (χ4v) is 4.26. The van der Waals surface area contributed by atoms with Crippen molar-refractivity contribution in [3.63, 3.8) is 0 Å². The maximum Gasteiger partial charge on any atom is 0.119 e. The fourth-order valence-electron chi connectivity index (χ4n) is 4.26. The second-order valence-electron chi connectivity index (χ2n) is 7.76. The number of nitrogens with zero attached hydrogens (tertiary/aromatic N) is 1. The van der Waals surface area contributed by atoms with Gasteiger partial charge in [-0.05, 0) is 43.1 Å². The van der Waals surface area contributed by atoms with Gasteiger partial charge in [-0.15, -0.1) is 0 Å². The van der Waals surface area contributed by atoms with E-state index in [0.29, 0.717) is 12.3 Å². The van der Waals surface area contributed by atoms with Crippen molar-refractivity contribution >= 4 is 0 Å². The predicted molar refractivity (Wildman–Crippen MR) is 106 cm³/mol. The number of aliphatic hydroxyl groups is 1. The molecule has 140 valence electrons. The summed E-state index contributed by atoms with van der Waals surface area (Å²) in [5.74, 6) is 1.16. The van der Waals surface area contributed by atoms with E-state index in [1.165, 1.54) is 12.0 Å². The molecule has 0 aliphatic heterocycles. The van der Waals surface area contributed by atoms with Crippen LogP contribution in [0, 0.1) is 5.92 Å². The minimum absolute atomic E-state index is 0.302. The van der Waals surface area contributed by atoms with Gasteiger partial charge in [0.1, 0.15) is 5.75 Å². The first-order chi connectivity index (χ1) is 12.6. The van der Waals surface area contributed by atoms with Gasteiger partial charge in [-0.25, -0.2) is 0 Å². The molecule has 0 spiro atoms. The lowest BCUT2D eigenvalue weighted by atomic mass is 9.72. The molecule has 0 heterocycles. The molecule has 3 rings (SSSR count). The molecule has 0 aromatic heterocycles. The van der Waals surface area contributed by atoms with Crippen LogP contribution < -0.4 is 4.74 Å². The zero-order valence-electron chi connectivity index (χ0n) is 16.0. The fraction of sp³-hybridized carbons (Fsp3) is 0.478. The zero-order chi connectivity index (χ0) is 18.4. The Kier molecular flexibility index (Phi) is 6.33. The van der Waals surface area contributed by atoms with Crippen molar-refractivity contribution in [2.75, 3.05) is 20.7 Å². The molecule has 26 heavy (non-hydrogen) atoms. The first-order valence-electron chi connectivity index (χ1n) is 9.67. The highest BCUT2D eigenvalue weighted by atomic mass is 16.5. The van der Waals surface area contributed by atoms with Crippen molar-refractivity contribution in [3.8, 4) is 5.75 Å². The SMILES string of the molecule is COc1cccc(CC2(O)CCCCC2CN(C)Cc2ccccc2)c1. The first kappa shape index (κ1) is 18.9. The highest BCUT2D eigenvalue weighted by Gasteiger charge is 2.39. The maximum absolute atomic E-state index is 11.5. The van der Waals surface area contributed by atoms with Crippen molar-refractivity contribution in [1.82, 2.24) is 4.90 Å². The molecule has 3 heteroatoms. The summed E-state index contributed by atoms with van der Waals surface area (Å²) in [4.78, 5) is 2.35. The number of benzene rings is 2. The van der Waals surface area contributed by atoms with Crippen LogP contribution >= 0.6 is 0 Å². The highest BCUT2D eigenvalue weighted by Crippen LogP contribution is 2.37. The molecule has 2 aromatic carbocycles. The van der Waals surface area contributed by atoms with E-state index in [1.807, 2.05) is 12.1 Å².